The molecule has 0 aliphatic carbocycles. The van der Waals surface area contributed by atoms with Crippen LogP contribution in [0.25, 0.3) is 0 Å². The Morgan fingerprint density at radius 2 is 2.06 bits per heavy atom. The third-order valence-corrected chi connectivity index (χ3v) is 2.92. The molecule has 0 saturated heterocycles. The Bertz CT molecular complexity index is 435. The standard InChI is InChI=1S/C11H13F3N2OS/c1-7-4-3-5-8(18-2)9(7)16-10(17)15-6-11(12,13)14/h3-5H,6H2,1-2H3,(H2,15,16,17). The molecule has 0 atom stereocenters. The number of alkyl halides is 3. The van der Waals surface area contributed by atoms with Gasteiger partial charge in [-0.2, -0.15) is 13.2 Å². The van der Waals surface area contributed by atoms with Crippen LogP contribution in [0.1, 0.15) is 5.56 Å². The SMILES string of the molecule is CSc1cccc(C)c1NC(=O)NCC(F)(F)F. The van der Waals surface area contributed by atoms with E-state index in [0.29, 0.717) is 5.69 Å². The lowest BCUT2D eigenvalue weighted by molar-refractivity contribution is -0.122. The van der Waals surface area contributed by atoms with E-state index < -0.39 is 18.8 Å². The number of amides is 2. The van der Waals surface area contributed by atoms with Crippen LogP contribution in [0.2, 0.25) is 0 Å². The first kappa shape index (κ1) is 14.7. The molecule has 7 heteroatoms. The molecule has 0 heterocycles. The Labute approximate surface area is 107 Å². The van der Waals surface area contributed by atoms with Gasteiger partial charge in [0.2, 0.25) is 0 Å². The molecule has 1 aromatic carbocycles. The summed E-state index contributed by atoms with van der Waals surface area (Å²) >= 11 is 1.41. The minimum atomic E-state index is -4.41. The lowest BCUT2D eigenvalue weighted by Crippen LogP contribution is -2.36. The van der Waals surface area contributed by atoms with E-state index in [1.807, 2.05) is 12.3 Å². The van der Waals surface area contributed by atoms with E-state index in [2.05, 4.69) is 5.32 Å². The van der Waals surface area contributed by atoms with Crippen molar-refractivity contribution in [2.24, 2.45) is 0 Å². The number of nitrogens with one attached hydrogen (secondary N) is 2. The van der Waals surface area contributed by atoms with Gasteiger partial charge in [0.15, 0.2) is 0 Å². The molecule has 0 aromatic heterocycles. The molecule has 3 nitrogen and oxygen atoms in total. The van der Waals surface area contributed by atoms with Crippen LogP contribution >= 0.6 is 11.8 Å². The molecule has 0 aliphatic heterocycles. The summed E-state index contributed by atoms with van der Waals surface area (Å²) < 4.78 is 35.8. The van der Waals surface area contributed by atoms with E-state index in [0.717, 1.165) is 10.5 Å². The zero-order chi connectivity index (χ0) is 13.8. The van der Waals surface area contributed by atoms with E-state index in [-0.39, 0.29) is 0 Å². The van der Waals surface area contributed by atoms with Crippen molar-refractivity contribution in [2.45, 2.75) is 18.0 Å². The number of halogens is 3. The highest BCUT2D eigenvalue weighted by atomic mass is 32.2. The van der Waals surface area contributed by atoms with Crippen molar-refractivity contribution in [1.29, 1.82) is 0 Å². The maximum absolute atomic E-state index is 11.9. The Morgan fingerprint density at radius 3 is 2.61 bits per heavy atom. The molecule has 1 rings (SSSR count). The van der Waals surface area contributed by atoms with Crippen LogP contribution in [0.15, 0.2) is 23.1 Å². The van der Waals surface area contributed by atoms with Gasteiger partial charge in [0.25, 0.3) is 0 Å². The molecule has 0 fully saturated rings. The van der Waals surface area contributed by atoms with Gasteiger partial charge in [0.1, 0.15) is 6.54 Å². The smallest absolute Gasteiger partial charge is 0.329 e. The average molecular weight is 278 g/mol. The number of rotatable bonds is 3. The summed E-state index contributed by atoms with van der Waals surface area (Å²) in [6.07, 6.45) is -2.58. The number of carbonyl (C=O) groups is 1. The van der Waals surface area contributed by atoms with Gasteiger partial charge in [-0.05, 0) is 24.8 Å². The van der Waals surface area contributed by atoms with Gasteiger partial charge in [0.05, 0.1) is 5.69 Å². The maximum atomic E-state index is 11.9. The van der Waals surface area contributed by atoms with Gasteiger partial charge in [-0.3, -0.25) is 0 Å². The molecule has 0 aliphatic rings. The molecule has 0 radical (unpaired) electrons. The summed E-state index contributed by atoms with van der Waals surface area (Å²) in [5.74, 6) is 0. The fraction of sp³-hybridized carbons (Fsp3) is 0.364. The van der Waals surface area contributed by atoms with Crippen molar-refractivity contribution >= 4 is 23.5 Å². The Balaban J connectivity index is 2.70. The molecular weight excluding hydrogens is 265 g/mol. The third-order valence-electron chi connectivity index (χ3n) is 2.14. The van der Waals surface area contributed by atoms with E-state index in [1.165, 1.54) is 11.8 Å². The van der Waals surface area contributed by atoms with Crippen LogP contribution in [0.3, 0.4) is 0 Å². The molecule has 2 amide bonds. The minimum Gasteiger partial charge on any atom is -0.329 e. The number of hydrogen-bond donors (Lipinski definition) is 2. The zero-order valence-electron chi connectivity index (χ0n) is 9.89. The maximum Gasteiger partial charge on any atom is 0.405 e. The Hall–Kier alpha value is -1.37. The summed E-state index contributed by atoms with van der Waals surface area (Å²) in [6, 6.07) is 4.52. The molecule has 2 N–H and O–H groups in total. The molecular formula is C11H13F3N2OS. The van der Waals surface area contributed by atoms with Gasteiger partial charge in [0, 0.05) is 4.90 Å². The van der Waals surface area contributed by atoms with Gasteiger partial charge >= 0.3 is 12.2 Å². The molecule has 18 heavy (non-hydrogen) atoms. The highest BCUT2D eigenvalue weighted by Gasteiger charge is 2.27. The molecule has 0 spiro atoms. The second-order valence-corrected chi connectivity index (χ2v) is 4.42. The Morgan fingerprint density at radius 1 is 1.39 bits per heavy atom. The van der Waals surface area contributed by atoms with Crippen LogP contribution in [0.4, 0.5) is 23.7 Å². The summed E-state index contributed by atoms with van der Waals surface area (Å²) in [6.45, 7) is 0.429. The fourth-order valence-electron chi connectivity index (χ4n) is 1.31. The summed E-state index contributed by atoms with van der Waals surface area (Å²) in [7, 11) is 0. The lowest BCUT2D eigenvalue weighted by Gasteiger charge is -2.14. The molecule has 0 unspecified atom stereocenters. The normalized spacial score (nSPS) is 11.2. The van der Waals surface area contributed by atoms with Gasteiger partial charge < -0.3 is 10.6 Å². The molecule has 1 aromatic rings. The highest BCUT2D eigenvalue weighted by Crippen LogP contribution is 2.28. The van der Waals surface area contributed by atoms with Crippen molar-refractivity contribution in [3.63, 3.8) is 0 Å². The number of anilines is 1. The van der Waals surface area contributed by atoms with E-state index in [9.17, 15) is 18.0 Å². The van der Waals surface area contributed by atoms with Gasteiger partial charge in [-0.15, -0.1) is 11.8 Å². The first-order valence-electron chi connectivity index (χ1n) is 5.08. The first-order valence-corrected chi connectivity index (χ1v) is 6.31. The van der Waals surface area contributed by atoms with Gasteiger partial charge in [-0.1, -0.05) is 12.1 Å². The minimum absolute atomic E-state index is 0.532. The van der Waals surface area contributed by atoms with Crippen LogP contribution in [0, 0.1) is 6.92 Å². The summed E-state index contributed by atoms with van der Waals surface area (Å²) in [4.78, 5) is 12.2. The molecule has 100 valence electrons. The average Bonchev–Trinajstić information content (AvgIpc) is 2.28. The zero-order valence-corrected chi connectivity index (χ0v) is 10.7. The summed E-state index contributed by atoms with van der Waals surface area (Å²) in [5, 5.41) is 4.20. The van der Waals surface area contributed by atoms with Crippen LogP contribution in [-0.4, -0.2) is 25.0 Å². The number of thioether (sulfide) groups is 1. The second kappa shape index (κ2) is 5.99. The third kappa shape index (κ3) is 4.48. The predicted molar refractivity (Wildman–Crippen MR) is 66.0 cm³/mol. The Kier molecular flexibility index (Phi) is 4.89. The number of hydrogen-bond acceptors (Lipinski definition) is 2. The van der Waals surface area contributed by atoms with Crippen LogP contribution in [-0.2, 0) is 0 Å². The monoisotopic (exact) mass is 278 g/mol. The number of benzene rings is 1. The second-order valence-electron chi connectivity index (χ2n) is 3.58. The number of para-hydroxylation sites is 1. The van der Waals surface area contributed by atoms with Crippen molar-refractivity contribution in [2.75, 3.05) is 18.1 Å². The first-order chi connectivity index (χ1) is 8.33. The van der Waals surface area contributed by atoms with Crippen molar-refractivity contribution in [3.8, 4) is 0 Å². The topological polar surface area (TPSA) is 41.1 Å². The highest BCUT2D eigenvalue weighted by molar-refractivity contribution is 7.98. The van der Waals surface area contributed by atoms with E-state index in [1.54, 1.807) is 24.4 Å². The fourth-order valence-corrected chi connectivity index (χ4v) is 1.94. The van der Waals surface area contributed by atoms with Crippen LogP contribution in [0.5, 0.6) is 0 Å². The number of carbonyl (C=O) groups excluding carboxylic acids is 1. The van der Waals surface area contributed by atoms with Crippen LogP contribution < -0.4 is 10.6 Å². The van der Waals surface area contributed by atoms with E-state index >= 15 is 0 Å². The van der Waals surface area contributed by atoms with Crippen molar-refractivity contribution in [1.82, 2.24) is 5.32 Å². The van der Waals surface area contributed by atoms with Crippen molar-refractivity contribution in [3.05, 3.63) is 23.8 Å². The summed E-state index contributed by atoms with van der Waals surface area (Å²) in [5.41, 5.74) is 1.33. The quantitative estimate of drug-likeness (QED) is 0.832. The largest absolute Gasteiger partial charge is 0.405 e. The predicted octanol–water partition coefficient (Wildman–Crippen LogP) is 3.40. The number of urea groups is 1. The molecule has 0 bridgehead atoms. The van der Waals surface area contributed by atoms with Gasteiger partial charge in [-0.25, -0.2) is 4.79 Å². The van der Waals surface area contributed by atoms with E-state index in [4.69, 9.17) is 0 Å². The molecule has 0 saturated carbocycles. The lowest BCUT2D eigenvalue weighted by atomic mass is 10.2. The number of aryl methyl sites for hydroxylation is 1. The van der Waals surface area contributed by atoms with Crippen molar-refractivity contribution < 1.29 is 18.0 Å².